The molecule has 1 aliphatic rings. The average molecular weight is 498 g/mol. The number of benzene rings is 3. The monoisotopic (exact) mass is 496 g/mol. The Morgan fingerprint density at radius 3 is 2.35 bits per heavy atom. The number of nitrogens with zero attached hydrogens (tertiary/aromatic N) is 2. The number of methoxy groups -OCH3 is 2. The van der Waals surface area contributed by atoms with Gasteiger partial charge in [0, 0.05) is 10.0 Å². The second-order valence-corrected chi connectivity index (χ2v) is 8.00. The summed E-state index contributed by atoms with van der Waals surface area (Å²) in [5.74, 6) is 1.41. The number of carbonyl (C=O) groups excluding carboxylic acids is 1. The quantitative estimate of drug-likeness (QED) is 0.409. The highest BCUT2D eigenvalue weighted by molar-refractivity contribution is 9.10. The predicted octanol–water partition coefficient (Wildman–Crippen LogP) is 5.95. The van der Waals surface area contributed by atoms with Crippen molar-refractivity contribution in [1.29, 1.82) is 0 Å². The first-order valence-corrected chi connectivity index (χ1v) is 10.6. The minimum atomic E-state index is -0.243. The molecule has 3 aromatic carbocycles. The van der Waals surface area contributed by atoms with E-state index in [-0.39, 0.29) is 5.91 Å². The second kappa shape index (κ2) is 8.96. The molecular formula is C24H18BrClN2O3. The topological polar surface area (TPSA) is 51.1 Å². The van der Waals surface area contributed by atoms with E-state index in [0.29, 0.717) is 39.3 Å². The van der Waals surface area contributed by atoms with Crippen molar-refractivity contribution in [3.63, 3.8) is 0 Å². The molecule has 0 atom stereocenters. The first-order chi connectivity index (χ1) is 15.0. The number of hydrogen-bond acceptors (Lipinski definition) is 4. The van der Waals surface area contributed by atoms with Gasteiger partial charge in [0.15, 0.2) is 11.5 Å². The summed E-state index contributed by atoms with van der Waals surface area (Å²) in [7, 11) is 3.14. The molecule has 0 aliphatic carbocycles. The first kappa shape index (κ1) is 21.2. The van der Waals surface area contributed by atoms with E-state index in [4.69, 9.17) is 21.1 Å². The Morgan fingerprint density at radius 2 is 1.68 bits per heavy atom. The smallest absolute Gasteiger partial charge is 0.282 e. The van der Waals surface area contributed by atoms with Gasteiger partial charge in [-0.3, -0.25) is 9.69 Å². The molecule has 0 saturated heterocycles. The highest BCUT2D eigenvalue weighted by Crippen LogP contribution is 2.33. The molecule has 0 N–H and O–H groups in total. The van der Waals surface area contributed by atoms with E-state index < -0.39 is 0 Å². The number of amidine groups is 1. The lowest BCUT2D eigenvalue weighted by Gasteiger charge is -2.19. The average Bonchev–Trinajstić information content (AvgIpc) is 3.10. The van der Waals surface area contributed by atoms with Crippen molar-refractivity contribution >= 4 is 51.0 Å². The molecule has 0 bridgehead atoms. The fraction of sp³-hybridized carbons (Fsp3) is 0.0833. The molecule has 7 heteroatoms. The fourth-order valence-corrected chi connectivity index (χ4v) is 3.75. The summed E-state index contributed by atoms with van der Waals surface area (Å²) in [5.41, 5.74) is 2.43. The number of halogens is 2. The van der Waals surface area contributed by atoms with Crippen LogP contribution in [0.1, 0.15) is 11.1 Å². The Hall–Kier alpha value is -3.09. The Kier molecular flexibility index (Phi) is 6.11. The van der Waals surface area contributed by atoms with Crippen LogP contribution in [0.5, 0.6) is 11.5 Å². The molecule has 156 valence electrons. The van der Waals surface area contributed by atoms with Gasteiger partial charge < -0.3 is 9.47 Å². The van der Waals surface area contributed by atoms with Gasteiger partial charge in [-0.05, 0) is 60.2 Å². The fourth-order valence-electron chi connectivity index (χ4n) is 3.27. The van der Waals surface area contributed by atoms with Gasteiger partial charge in [-0.2, -0.15) is 0 Å². The molecule has 3 aromatic rings. The van der Waals surface area contributed by atoms with E-state index in [2.05, 4.69) is 20.9 Å². The highest BCUT2D eigenvalue weighted by atomic mass is 79.9. The summed E-state index contributed by atoms with van der Waals surface area (Å²) in [6.07, 6.45) is 1.72. The van der Waals surface area contributed by atoms with Crippen molar-refractivity contribution in [2.24, 2.45) is 4.99 Å². The predicted molar refractivity (Wildman–Crippen MR) is 127 cm³/mol. The number of amides is 1. The van der Waals surface area contributed by atoms with Gasteiger partial charge in [0.2, 0.25) is 0 Å². The molecule has 0 spiro atoms. The van der Waals surface area contributed by atoms with Gasteiger partial charge in [-0.25, -0.2) is 4.99 Å². The summed E-state index contributed by atoms with van der Waals surface area (Å²) >= 11 is 9.87. The molecule has 4 rings (SSSR count). The molecular weight excluding hydrogens is 480 g/mol. The van der Waals surface area contributed by atoms with E-state index in [9.17, 15) is 4.79 Å². The van der Waals surface area contributed by atoms with Gasteiger partial charge in [0.1, 0.15) is 11.5 Å². The second-order valence-electron chi connectivity index (χ2n) is 6.68. The van der Waals surface area contributed by atoms with E-state index in [1.807, 2.05) is 48.5 Å². The first-order valence-electron chi connectivity index (χ1n) is 9.39. The van der Waals surface area contributed by atoms with Crippen LogP contribution < -0.4 is 14.4 Å². The number of carbonyl (C=O) groups is 1. The van der Waals surface area contributed by atoms with Crippen LogP contribution in [0, 0.1) is 0 Å². The molecule has 1 heterocycles. The molecule has 0 unspecified atom stereocenters. The van der Waals surface area contributed by atoms with Crippen molar-refractivity contribution < 1.29 is 14.3 Å². The third-order valence-electron chi connectivity index (χ3n) is 4.77. The Morgan fingerprint density at radius 1 is 0.968 bits per heavy atom. The molecule has 0 saturated carbocycles. The Balaban J connectivity index is 1.83. The summed E-state index contributed by atoms with van der Waals surface area (Å²) in [6, 6.07) is 20.2. The zero-order valence-electron chi connectivity index (χ0n) is 16.8. The Labute approximate surface area is 193 Å². The highest BCUT2D eigenvalue weighted by Gasteiger charge is 2.33. The van der Waals surface area contributed by atoms with Crippen LogP contribution in [-0.4, -0.2) is 26.0 Å². The summed E-state index contributed by atoms with van der Waals surface area (Å²) in [5, 5.41) is 0.517. The van der Waals surface area contributed by atoms with Gasteiger partial charge in [0.25, 0.3) is 5.91 Å². The van der Waals surface area contributed by atoms with Gasteiger partial charge in [0.05, 0.1) is 24.9 Å². The third kappa shape index (κ3) is 4.22. The number of ether oxygens (including phenoxy) is 2. The summed E-state index contributed by atoms with van der Waals surface area (Å²) < 4.78 is 11.6. The standard InChI is InChI=1S/C24H18BrClN2O3/c1-30-21-12-7-15(14-22(21)31-2)13-20-24(29)28(17-10-8-16(25)9-11-17)23(27-20)18-5-3-4-6-19(18)26/h3-14H,1-2H3/b20-13+. The summed E-state index contributed by atoms with van der Waals surface area (Å²) in [4.78, 5) is 19.6. The molecule has 0 aromatic heterocycles. The van der Waals surface area contributed by atoms with E-state index in [1.54, 1.807) is 43.4 Å². The van der Waals surface area contributed by atoms with Crippen molar-refractivity contribution in [2.75, 3.05) is 19.1 Å². The van der Waals surface area contributed by atoms with Crippen LogP contribution in [0.15, 0.2) is 81.9 Å². The molecule has 1 aliphatic heterocycles. The van der Waals surface area contributed by atoms with Crippen molar-refractivity contribution in [1.82, 2.24) is 0 Å². The lowest BCUT2D eigenvalue weighted by Crippen LogP contribution is -2.32. The van der Waals surface area contributed by atoms with Gasteiger partial charge >= 0.3 is 0 Å². The van der Waals surface area contributed by atoms with Gasteiger partial charge in [-0.15, -0.1) is 0 Å². The molecule has 31 heavy (non-hydrogen) atoms. The molecule has 0 radical (unpaired) electrons. The van der Waals surface area contributed by atoms with Gasteiger partial charge in [-0.1, -0.05) is 45.7 Å². The maximum Gasteiger partial charge on any atom is 0.282 e. The van der Waals surface area contributed by atoms with Crippen LogP contribution >= 0.6 is 27.5 Å². The van der Waals surface area contributed by atoms with E-state index >= 15 is 0 Å². The molecule has 1 amide bonds. The molecule has 0 fully saturated rings. The van der Waals surface area contributed by atoms with Crippen LogP contribution in [0.3, 0.4) is 0 Å². The Bertz CT molecular complexity index is 1210. The largest absolute Gasteiger partial charge is 0.493 e. The zero-order valence-corrected chi connectivity index (χ0v) is 19.1. The van der Waals surface area contributed by atoms with Crippen molar-refractivity contribution in [3.05, 3.63) is 93.0 Å². The summed E-state index contributed by atoms with van der Waals surface area (Å²) in [6.45, 7) is 0. The van der Waals surface area contributed by atoms with Crippen LogP contribution in [0.2, 0.25) is 5.02 Å². The van der Waals surface area contributed by atoms with Crippen molar-refractivity contribution in [2.45, 2.75) is 0 Å². The number of anilines is 1. The lowest BCUT2D eigenvalue weighted by atomic mass is 10.1. The maximum absolute atomic E-state index is 13.4. The zero-order chi connectivity index (χ0) is 22.0. The van der Waals surface area contributed by atoms with Crippen LogP contribution in [0.25, 0.3) is 6.08 Å². The van der Waals surface area contributed by atoms with Crippen LogP contribution in [0.4, 0.5) is 5.69 Å². The maximum atomic E-state index is 13.4. The molecule has 5 nitrogen and oxygen atoms in total. The van der Waals surface area contributed by atoms with E-state index in [0.717, 1.165) is 10.0 Å². The number of aliphatic imine (C=N–C) groups is 1. The minimum Gasteiger partial charge on any atom is -0.493 e. The normalized spacial score (nSPS) is 14.7. The number of hydrogen-bond donors (Lipinski definition) is 0. The lowest BCUT2D eigenvalue weighted by molar-refractivity contribution is -0.113. The van der Waals surface area contributed by atoms with Crippen molar-refractivity contribution in [3.8, 4) is 11.5 Å². The minimum absolute atomic E-state index is 0.243. The van der Waals surface area contributed by atoms with Crippen LogP contribution in [-0.2, 0) is 4.79 Å². The SMILES string of the molecule is COc1ccc(/C=C2/N=C(c3ccccc3Cl)N(c3ccc(Br)cc3)C2=O)cc1OC. The van der Waals surface area contributed by atoms with E-state index in [1.165, 1.54) is 0 Å². The third-order valence-corrected chi connectivity index (χ3v) is 5.63. The number of rotatable bonds is 5.